The summed E-state index contributed by atoms with van der Waals surface area (Å²) in [4.78, 5) is 54.5. The zero-order valence-corrected chi connectivity index (χ0v) is 21.7. The highest BCUT2D eigenvalue weighted by Crippen LogP contribution is 2.20. The van der Waals surface area contributed by atoms with Crippen LogP contribution in [0.3, 0.4) is 0 Å². The van der Waals surface area contributed by atoms with Crippen molar-refractivity contribution in [2.75, 3.05) is 26.2 Å². The fourth-order valence-electron chi connectivity index (χ4n) is 4.81. The first kappa shape index (κ1) is 26.4. The van der Waals surface area contributed by atoms with Crippen LogP contribution >= 0.6 is 0 Å². The van der Waals surface area contributed by atoms with E-state index in [2.05, 4.69) is 10.4 Å². The minimum absolute atomic E-state index is 0.112. The number of likely N-dealkylation sites (tertiary alicyclic amines) is 1. The molecule has 0 aliphatic carbocycles. The van der Waals surface area contributed by atoms with E-state index in [-0.39, 0.29) is 29.4 Å². The summed E-state index contributed by atoms with van der Waals surface area (Å²) < 4.78 is 6.66. The van der Waals surface area contributed by atoms with E-state index < -0.39 is 11.9 Å². The molecule has 1 saturated heterocycles. The zero-order chi connectivity index (χ0) is 26.5. The van der Waals surface area contributed by atoms with Crippen LogP contribution in [0, 0.1) is 12.8 Å². The van der Waals surface area contributed by atoms with Gasteiger partial charge in [0.15, 0.2) is 5.69 Å². The van der Waals surface area contributed by atoms with Crippen LogP contribution in [0.2, 0.25) is 0 Å². The van der Waals surface area contributed by atoms with Crippen molar-refractivity contribution < 1.29 is 23.9 Å². The maximum Gasteiger partial charge on any atom is 0.309 e. The first-order valence-corrected chi connectivity index (χ1v) is 13.0. The van der Waals surface area contributed by atoms with Gasteiger partial charge in [-0.25, -0.2) is 0 Å². The van der Waals surface area contributed by atoms with Gasteiger partial charge in [-0.3, -0.25) is 23.9 Å². The van der Waals surface area contributed by atoms with E-state index in [1.54, 1.807) is 28.3 Å². The number of amides is 3. The molecule has 1 aromatic carbocycles. The van der Waals surface area contributed by atoms with Crippen LogP contribution in [0.1, 0.15) is 65.2 Å². The molecule has 1 aromatic heterocycles. The molecule has 2 aliphatic rings. The zero-order valence-electron chi connectivity index (χ0n) is 21.7. The molecule has 1 unspecified atom stereocenters. The van der Waals surface area contributed by atoms with Crippen LogP contribution < -0.4 is 5.32 Å². The van der Waals surface area contributed by atoms with Gasteiger partial charge in [-0.2, -0.15) is 5.10 Å². The molecule has 10 nitrogen and oxygen atoms in total. The summed E-state index contributed by atoms with van der Waals surface area (Å²) in [7, 11) is 0. The molecule has 2 aliphatic heterocycles. The van der Waals surface area contributed by atoms with Gasteiger partial charge in [-0.15, -0.1) is 0 Å². The lowest BCUT2D eigenvalue weighted by atomic mass is 9.96. The quantitative estimate of drug-likeness (QED) is 0.572. The second-order valence-corrected chi connectivity index (χ2v) is 9.75. The molecular weight excluding hydrogens is 474 g/mol. The molecule has 37 heavy (non-hydrogen) atoms. The van der Waals surface area contributed by atoms with Crippen molar-refractivity contribution in [2.24, 2.45) is 5.92 Å². The highest BCUT2D eigenvalue weighted by Gasteiger charge is 2.32. The summed E-state index contributed by atoms with van der Waals surface area (Å²) in [6.07, 6.45) is 1.81. The molecule has 4 rings (SSSR count). The lowest BCUT2D eigenvalue weighted by molar-refractivity contribution is -0.151. The summed E-state index contributed by atoms with van der Waals surface area (Å²) in [6, 6.07) is 8.82. The van der Waals surface area contributed by atoms with Crippen molar-refractivity contribution in [1.82, 2.24) is 24.9 Å². The number of carbonyl (C=O) groups excluding carboxylic acids is 4. The van der Waals surface area contributed by atoms with Gasteiger partial charge in [0, 0.05) is 38.8 Å². The number of hydrogen-bond donors (Lipinski definition) is 1. The largest absolute Gasteiger partial charge is 0.466 e. The van der Waals surface area contributed by atoms with Gasteiger partial charge in [-0.1, -0.05) is 29.8 Å². The molecule has 0 saturated carbocycles. The topological polar surface area (TPSA) is 114 Å². The van der Waals surface area contributed by atoms with E-state index in [0.717, 1.165) is 17.5 Å². The number of hydrogen-bond acceptors (Lipinski definition) is 6. The molecule has 0 spiro atoms. The highest BCUT2D eigenvalue weighted by atomic mass is 16.5. The Hall–Kier alpha value is -3.69. The molecule has 10 heteroatoms. The number of fused-ring (bicyclic) bond motifs is 1. The van der Waals surface area contributed by atoms with Crippen LogP contribution in [-0.4, -0.2) is 75.6 Å². The Labute approximate surface area is 216 Å². The number of nitrogens with one attached hydrogen (secondary N) is 1. The number of nitrogens with zero attached hydrogens (tertiary/aromatic N) is 4. The van der Waals surface area contributed by atoms with Gasteiger partial charge in [-0.05, 0) is 45.6 Å². The van der Waals surface area contributed by atoms with Crippen molar-refractivity contribution in [2.45, 2.75) is 59.2 Å². The molecule has 0 bridgehead atoms. The molecule has 1 N–H and O–H groups in total. The van der Waals surface area contributed by atoms with Crippen LogP contribution in [0.25, 0.3) is 0 Å². The first-order chi connectivity index (χ1) is 17.8. The minimum atomic E-state index is -0.762. The van der Waals surface area contributed by atoms with E-state index >= 15 is 0 Å². The van der Waals surface area contributed by atoms with Crippen LogP contribution in [0.15, 0.2) is 30.3 Å². The fraction of sp³-hybridized carbons (Fsp3) is 0.519. The van der Waals surface area contributed by atoms with Crippen molar-refractivity contribution in [3.8, 4) is 0 Å². The molecule has 0 radical (unpaired) electrons. The monoisotopic (exact) mass is 509 g/mol. The molecule has 1 atom stereocenters. The smallest absolute Gasteiger partial charge is 0.309 e. The number of esters is 1. The summed E-state index contributed by atoms with van der Waals surface area (Å²) in [5.41, 5.74) is 2.69. The van der Waals surface area contributed by atoms with Crippen LogP contribution in [-0.2, 0) is 27.4 Å². The number of piperidine rings is 1. The van der Waals surface area contributed by atoms with Gasteiger partial charge >= 0.3 is 5.97 Å². The maximum absolute atomic E-state index is 13.2. The lowest BCUT2D eigenvalue weighted by Crippen LogP contribution is -2.50. The van der Waals surface area contributed by atoms with Gasteiger partial charge in [0.2, 0.25) is 5.91 Å². The molecular formula is C27H35N5O5. The maximum atomic E-state index is 13.2. The molecule has 3 heterocycles. The lowest BCUT2D eigenvalue weighted by Gasteiger charge is -2.32. The van der Waals surface area contributed by atoms with Crippen molar-refractivity contribution in [3.63, 3.8) is 0 Å². The fourth-order valence-corrected chi connectivity index (χ4v) is 4.81. The third-order valence-electron chi connectivity index (χ3n) is 6.96. The molecule has 198 valence electrons. The summed E-state index contributed by atoms with van der Waals surface area (Å²) >= 11 is 0. The Bertz CT molecular complexity index is 1150. The molecule has 1 fully saturated rings. The van der Waals surface area contributed by atoms with Gasteiger partial charge in [0.25, 0.3) is 11.8 Å². The predicted octanol–water partition coefficient (Wildman–Crippen LogP) is 2.16. The number of rotatable bonds is 7. The van der Waals surface area contributed by atoms with Crippen LogP contribution in [0.4, 0.5) is 0 Å². The van der Waals surface area contributed by atoms with E-state index in [4.69, 9.17) is 4.74 Å². The highest BCUT2D eigenvalue weighted by molar-refractivity contribution is 5.99. The average molecular weight is 510 g/mol. The van der Waals surface area contributed by atoms with Crippen molar-refractivity contribution in [3.05, 3.63) is 52.8 Å². The standard InChI is InChI=1S/C27H35N5O5/c1-4-37-27(36)21-10-14-30(15-11-21)25(34)19(3)28-24(33)22-16-23-26(35)31(12-5-13-32(23)29-22)17-20-8-6-18(2)7-9-20/h6-9,16,19,21H,4-5,10-15,17H2,1-3H3,(H,28,33). The normalized spacial score (nSPS) is 17.1. The number of aryl methyl sites for hydroxylation is 2. The van der Waals surface area contributed by atoms with E-state index in [1.807, 2.05) is 31.2 Å². The Kier molecular flexibility index (Phi) is 8.25. The van der Waals surface area contributed by atoms with Gasteiger partial charge < -0.3 is 19.9 Å². The first-order valence-electron chi connectivity index (χ1n) is 13.0. The SMILES string of the molecule is CCOC(=O)C1CCN(C(=O)C(C)NC(=O)c2cc3n(n2)CCCN(Cc2ccc(C)cc2)C3=O)CC1. The Balaban J connectivity index is 1.35. The third-order valence-corrected chi connectivity index (χ3v) is 6.96. The summed E-state index contributed by atoms with van der Waals surface area (Å²) in [6.45, 7) is 8.27. The van der Waals surface area contributed by atoms with Crippen LogP contribution in [0.5, 0.6) is 0 Å². The summed E-state index contributed by atoms with van der Waals surface area (Å²) in [5.74, 6) is -1.30. The average Bonchev–Trinajstić information content (AvgIpc) is 3.27. The predicted molar refractivity (Wildman–Crippen MR) is 136 cm³/mol. The number of ether oxygens (including phenoxy) is 1. The van der Waals surface area contributed by atoms with Gasteiger partial charge in [0.05, 0.1) is 12.5 Å². The molecule has 3 amide bonds. The Morgan fingerprint density at radius 2 is 1.81 bits per heavy atom. The Morgan fingerprint density at radius 3 is 2.49 bits per heavy atom. The minimum Gasteiger partial charge on any atom is -0.466 e. The van der Waals surface area contributed by atoms with Gasteiger partial charge in [0.1, 0.15) is 11.7 Å². The number of carbonyl (C=O) groups is 4. The van der Waals surface area contributed by atoms with Crippen molar-refractivity contribution >= 4 is 23.7 Å². The van der Waals surface area contributed by atoms with Crippen molar-refractivity contribution in [1.29, 1.82) is 0 Å². The number of benzene rings is 1. The second-order valence-electron chi connectivity index (χ2n) is 9.75. The van der Waals surface area contributed by atoms with E-state index in [1.165, 1.54) is 6.07 Å². The number of aromatic nitrogens is 2. The Morgan fingerprint density at radius 1 is 1.11 bits per heavy atom. The van der Waals surface area contributed by atoms with E-state index in [9.17, 15) is 19.2 Å². The van der Waals surface area contributed by atoms with E-state index in [0.29, 0.717) is 57.9 Å². The third kappa shape index (κ3) is 6.18. The molecule has 2 aromatic rings. The summed E-state index contributed by atoms with van der Waals surface area (Å²) in [5, 5.41) is 7.09. The second kappa shape index (κ2) is 11.6.